The van der Waals surface area contributed by atoms with Crippen LogP contribution in [0, 0.1) is 12.7 Å². The van der Waals surface area contributed by atoms with Crippen LogP contribution in [0.1, 0.15) is 24.1 Å². The van der Waals surface area contributed by atoms with Gasteiger partial charge in [0.15, 0.2) is 0 Å². The Labute approximate surface area is 122 Å². The van der Waals surface area contributed by atoms with Gasteiger partial charge in [0, 0.05) is 30.1 Å². The van der Waals surface area contributed by atoms with Crippen LogP contribution < -0.4 is 5.32 Å². The number of halogens is 1. The maximum Gasteiger partial charge on any atom is 0.124 e. The lowest BCUT2D eigenvalue weighted by Crippen LogP contribution is -2.16. The summed E-state index contributed by atoms with van der Waals surface area (Å²) in [5, 5.41) is 9.10. The zero-order chi connectivity index (χ0) is 14.1. The van der Waals surface area contributed by atoms with E-state index >= 15 is 0 Å². The molecule has 5 heteroatoms. The van der Waals surface area contributed by atoms with Crippen LogP contribution in [0.2, 0.25) is 0 Å². The van der Waals surface area contributed by atoms with Gasteiger partial charge in [-0.3, -0.25) is 4.68 Å². The summed E-state index contributed by atoms with van der Waals surface area (Å²) in [5.74, 6) is -0.202. The molecule has 1 N–H and O–H groups in total. The quantitative estimate of drug-likeness (QED) is 0.917. The van der Waals surface area contributed by atoms with Gasteiger partial charge >= 0.3 is 0 Å². The summed E-state index contributed by atoms with van der Waals surface area (Å²) in [6.07, 6.45) is 2.54. The standard InChI is InChI=1S/C15H18FN3S/c1-10-14(9-17-12-6-7-12)15(19(2)18-10)20-13-5-3-4-11(16)8-13/h3-5,8,12,17H,6-7,9H2,1-2H3. The van der Waals surface area contributed by atoms with Crippen molar-refractivity contribution in [3.05, 3.63) is 41.3 Å². The van der Waals surface area contributed by atoms with Gasteiger partial charge in [0.1, 0.15) is 10.8 Å². The summed E-state index contributed by atoms with van der Waals surface area (Å²) in [6, 6.07) is 7.36. The van der Waals surface area contributed by atoms with Gasteiger partial charge in [0.2, 0.25) is 0 Å². The zero-order valence-corrected chi connectivity index (χ0v) is 12.5. The normalized spacial score (nSPS) is 14.8. The number of rotatable bonds is 5. The molecule has 0 saturated heterocycles. The second-order valence-corrected chi connectivity index (χ2v) is 6.27. The first kappa shape index (κ1) is 13.6. The Bertz CT molecular complexity index is 620. The minimum absolute atomic E-state index is 0.202. The van der Waals surface area contributed by atoms with Gasteiger partial charge in [0.05, 0.1) is 5.69 Å². The third kappa shape index (κ3) is 3.04. The highest BCUT2D eigenvalue weighted by Crippen LogP contribution is 2.32. The molecule has 106 valence electrons. The summed E-state index contributed by atoms with van der Waals surface area (Å²) in [4.78, 5) is 0.903. The molecule has 1 fully saturated rings. The van der Waals surface area contributed by atoms with E-state index in [1.54, 1.807) is 23.9 Å². The van der Waals surface area contributed by atoms with Crippen molar-refractivity contribution in [2.24, 2.45) is 7.05 Å². The highest BCUT2D eigenvalue weighted by molar-refractivity contribution is 7.99. The fourth-order valence-corrected chi connectivity index (χ4v) is 3.25. The maximum atomic E-state index is 13.3. The molecule has 0 bridgehead atoms. The molecule has 0 radical (unpaired) electrons. The van der Waals surface area contributed by atoms with Crippen LogP contribution in [-0.4, -0.2) is 15.8 Å². The Morgan fingerprint density at radius 2 is 2.25 bits per heavy atom. The van der Waals surface area contributed by atoms with Crippen LogP contribution >= 0.6 is 11.8 Å². The number of nitrogens with one attached hydrogen (secondary N) is 1. The monoisotopic (exact) mass is 291 g/mol. The third-order valence-corrected chi connectivity index (χ3v) is 4.64. The van der Waals surface area contributed by atoms with E-state index in [9.17, 15) is 4.39 Å². The maximum absolute atomic E-state index is 13.3. The van der Waals surface area contributed by atoms with Crippen molar-refractivity contribution >= 4 is 11.8 Å². The van der Waals surface area contributed by atoms with Crippen LogP contribution in [0.4, 0.5) is 4.39 Å². The minimum Gasteiger partial charge on any atom is -0.310 e. The van der Waals surface area contributed by atoms with Gasteiger partial charge in [-0.15, -0.1) is 0 Å². The molecule has 1 aromatic carbocycles. The molecule has 3 rings (SSSR count). The smallest absolute Gasteiger partial charge is 0.124 e. The number of hydrogen-bond donors (Lipinski definition) is 1. The molecule has 0 amide bonds. The van der Waals surface area contributed by atoms with Crippen LogP contribution in [0.5, 0.6) is 0 Å². The molecule has 0 aliphatic heterocycles. The number of benzene rings is 1. The van der Waals surface area contributed by atoms with E-state index < -0.39 is 0 Å². The highest BCUT2D eigenvalue weighted by Gasteiger charge is 2.22. The lowest BCUT2D eigenvalue weighted by molar-refractivity contribution is 0.624. The van der Waals surface area contributed by atoms with Crippen molar-refractivity contribution in [3.8, 4) is 0 Å². The van der Waals surface area contributed by atoms with Crippen molar-refractivity contribution < 1.29 is 4.39 Å². The topological polar surface area (TPSA) is 29.9 Å². The van der Waals surface area contributed by atoms with Gasteiger partial charge in [0.25, 0.3) is 0 Å². The molecule has 1 saturated carbocycles. The lowest BCUT2D eigenvalue weighted by Gasteiger charge is -2.07. The Morgan fingerprint density at radius 3 is 2.95 bits per heavy atom. The molecule has 0 spiro atoms. The second kappa shape index (κ2) is 5.58. The Balaban J connectivity index is 1.83. The molecule has 0 atom stereocenters. The highest BCUT2D eigenvalue weighted by atomic mass is 32.2. The van der Waals surface area contributed by atoms with Crippen molar-refractivity contribution in [3.63, 3.8) is 0 Å². The lowest BCUT2D eigenvalue weighted by atomic mass is 10.2. The predicted molar refractivity (Wildman–Crippen MR) is 78.3 cm³/mol. The Morgan fingerprint density at radius 1 is 1.45 bits per heavy atom. The van der Waals surface area contributed by atoms with Crippen molar-refractivity contribution in [1.29, 1.82) is 0 Å². The fourth-order valence-electron chi connectivity index (χ4n) is 2.19. The van der Waals surface area contributed by atoms with E-state index in [-0.39, 0.29) is 5.82 Å². The van der Waals surface area contributed by atoms with Crippen molar-refractivity contribution in [2.75, 3.05) is 0 Å². The van der Waals surface area contributed by atoms with Gasteiger partial charge in [-0.05, 0) is 38.0 Å². The van der Waals surface area contributed by atoms with E-state index in [2.05, 4.69) is 10.4 Å². The molecule has 20 heavy (non-hydrogen) atoms. The molecular formula is C15H18FN3S. The van der Waals surface area contributed by atoms with Gasteiger partial charge in [-0.2, -0.15) is 5.10 Å². The molecule has 1 heterocycles. The average molecular weight is 291 g/mol. The largest absolute Gasteiger partial charge is 0.310 e. The average Bonchev–Trinajstić information content (AvgIpc) is 3.17. The van der Waals surface area contributed by atoms with E-state index in [0.29, 0.717) is 6.04 Å². The predicted octanol–water partition coefficient (Wildman–Crippen LogP) is 3.27. The summed E-state index contributed by atoms with van der Waals surface area (Å²) in [6.45, 7) is 2.86. The number of nitrogens with zero attached hydrogens (tertiary/aromatic N) is 2. The molecule has 1 aliphatic carbocycles. The SMILES string of the molecule is Cc1nn(C)c(Sc2cccc(F)c2)c1CNC1CC1. The van der Waals surface area contributed by atoms with Crippen molar-refractivity contribution in [1.82, 2.24) is 15.1 Å². The van der Waals surface area contributed by atoms with E-state index in [1.165, 1.54) is 24.5 Å². The molecule has 3 nitrogen and oxygen atoms in total. The summed E-state index contributed by atoms with van der Waals surface area (Å²) < 4.78 is 15.2. The number of aromatic nitrogens is 2. The Hall–Kier alpha value is -1.33. The molecule has 1 aromatic heterocycles. The first-order valence-electron chi connectivity index (χ1n) is 6.83. The fraction of sp³-hybridized carbons (Fsp3) is 0.400. The second-order valence-electron chi connectivity index (χ2n) is 5.21. The van der Waals surface area contributed by atoms with Crippen LogP contribution in [-0.2, 0) is 13.6 Å². The number of hydrogen-bond acceptors (Lipinski definition) is 3. The minimum atomic E-state index is -0.202. The van der Waals surface area contributed by atoms with E-state index in [4.69, 9.17) is 0 Å². The summed E-state index contributed by atoms with van der Waals surface area (Å²) >= 11 is 1.57. The van der Waals surface area contributed by atoms with Gasteiger partial charge in [-0.25, -0.2) is 4.39 Å². The van der Waals surface area contributed by atoms with Gasteiger partial charge in [-0.1, -0.05) is 17.8 Å². The van der Waals surface area contributed by atoms with Crippen LogP contribution in [0.15, 0.2) is 34.2 Å². The molecule has 1 aliphatic rings. The summed E-state index contributed by atoms with van der Waals surface area (Å²) in [7, 11) is 1.94. The van der Waals surface area contributed by atoms with E-state index in [1.807, 2.05) is 24.7 Å². The third-order valence-electron chi connectivity index (χ3n) is 3.44. The zero-order valence-electron chi connectivity index (χ0n) is 11.7. The first-order valence-corrected chi connectivity index (χ1v) is 7.64. The number of aryl methyl sites for hydroxylation is 2. The molecule has 2 aromatic rings. The molecule has 0 unspecified atom stereocenters. The first-order chi connectivity index (χ1) is 9.63. The van der Waals surface area contributed by atoms with Crippen LogP contribution in [0.25, 0.3) is 0 Å². The van der Waals surface area contributed by atoms with Crippen molar-refractivity contribution in [2.45, 2.75) is 42.3 Å². The van der Waals surface area contributed by atoms with E-state index in [0.717, 1.165) is 22.2 Å². The molecular weight excluding hydrogens is 273 g/mol. The van der Waals surface area contributed by atoms with Gasteiger partial charge < -0.3 is 5.32 Å². The van der Waals surface area contributed by atoms with Crippen LogP contribution in [0.3, 0.4) is 0 Å². The Kier molecular flexibility index (Phi) is 3.81. The summed E-state index contributed by atoms with van der Waals surface area (Å²) in [5.41, 5.74) is 2.26.